The number of hydrogen-bond acceptors (Lipinski definition) is 5. The normalized spacial score (nSPS) is 21.2. The molecule has 6 nitrogen and oxygen atoms in total. The molecule has 0 saturated carbocycles. The Morgan fingerprint density at radius 3 is 3.00 bits per heavy atom. The van der Waals surface area contributed by atoms with Crippen LogP contribution in [0.1, 0.15) is 31.4 Å². The van der Waals surface area contributed by atoms with Gasteiger partial charge in [-0.2, -0.15) is 10.5 Å². The smallest absolute Gasteiger partial charge is 0.251 e. The van der Waals surface area contributed by atoms with Crippen molar-refractivity contribution in [3.05, 3.63) is 59.8 Å². The molecule has 0 fully saturated rings. The van der Waals surface area contributed by atoms with E-state index >= 15 is 0 Å². The molecule has 2 aliphatic heterocycles. The molecular weight excluding hydrogens is 338 g/mol. The Morgan fingerprint density at radius 2 is 2.11 bits per heavy atom. The Labute approximate surface area is 158 Å². The molecule has 0 radical (unpaired) electrons. The highest BCUT2D eigenvalue weighted by Crippen LogP contribution is 2.35. The molecule has 0 aliphatic carbocycles. The minimum Gasteiger partial charge on any atom is -0.493 e. The van der Waals surface area contributed by atoms with E-state index in [9.17, 15) is 0 Å². The van der Waals surface area contributed by atoms with Gasteiger partial charge in [-0.15, -0.1) is 0 Å². The van der Waals surface area contributed by atoms with Gasteiger partial charge in [0.15, 0.2) is 0 Å². The van der Waals surface area contributed by atoms with Gasteiger partial charge < -0.3 is 10.2 Å². The summed E-state index contributed by atoms with van der Waals surface area (Å²) < 4.78 is 7.77. The van der Waals surface area contributed by atoms with Crippen molar-refractivity contribution in [2.24, 2.45) is 10.9 Å². The van der Waals surface area contributed by atoms with Crippen molar-refractivity contribution in [1.29, 1.82) is 0 Å². The molecule has 138 valence electrons. The molecule has 0 spiro atoms. The summed E-state index contributed by atoms with van der Waals surface area (Å²) in [5.74, 6) is 1.55. The van der Waals surface area contributed by atoms with Crippen LogP contribution in [0.15, 0.2) is 53.7 Å². The second-order valence-corrected chi connectivity index (χ2v) is 7.61. The molecule has 0 amide bonds. The SMILES string of the molecule is CC(C)CC1=NC(c2ccc3c(c2)OCC3)(n2ncc3ccccc32)NN1. The van der Waals surface area contributed by atoms with Crippen molar-refractivity contribution in [2.45, 2.75) is 32.5 Å². The lowest BCUT2D eigenvalue weighted by Gasteiger charge is -2.28. The molecule has 2 aromatic carbocycles. The van der Waals surface area contributed by atoms with Gasteiger partial charge in [0.1, 0.15) is 11.6 Å². The summed E-state index contributed by atoms with van der Waals surface area (Å²) in [6.07, 6.45) is 3.72. The summed E-state index contributed by atoms with van der Waals surface area (Å²) >= 11 is 0. The standard InChI is InChI=1S/C21H23N5O/c1-14(2)11-20-23-21(25-24-20,17-8-7-15-9-10-27-19(15)12-17)26-18-6-4-3-5-16(18)13-22-26/h3-8,12-14,25H,9-11H2,1-2H3,(H,23,24). The molecule has 27 heavy (non-hydrogen) atoms. The molecule has 1 unspecified atom stereocenters. The van der Waals surface area contributed by atoms with Crippen LogP contribution in [-0.4, -0.2) is 22.2 Å². The molecule has 6 heteroatoms. The minimum absolute atomic E-state index is 0.506. The number of benzene rings is 2. The van der Waals surface area contributed by atoms with Crippen LogP contribution in [-0.2, 0) is 12.2 Å². The van der Waals surface area contributed by atoms with Crippen LogP contribution in [0.3, 0.4) is 0 Å². The van der Waals surface area contributed by atoms with E-state index in [4.69, 9.17) is 14.8 Å². The van der Waals surface area contributed by atoms with Gasteiger partial charge >= 0.3 is 0 Å². The quantitative estimate of drug-likeness (QED) is 0.749. The van der Waals surface area contributed by atoms with Gasteiger partial charge in [-0.25, -0.2) is 9.67 Å². The number of ether oxygens (including phenoxy) is 1. The van der Waals surface area contributed by atoms with E-state index in [-0.39, 0.29) is 0 Å². The summed E-state index contributed by atoms with van der Waals surface area (Å²) in [5, 5.41) is 5.79. The van der Waals surface area contributed by atoms with Crippen molar-refractivity contribution in [1.82, 2.24) is 20.6 Å². The predicted molar refractivity (Wildman–Crippen MR) is 106 cm³/mol. The zero-order chi connectivity index (χ0) is 18.4. The lowest BCUT2D eigenvalue weighted by molar-refractivity contribution is 0.278. The molecule has 1 aromatic heterocycles. The predicted octanol–water partition coefficient (Wildman–Crippen LogP) is 3.18. The third-order valence-corrected chi connectivity index (χ3v) is 5.16. The highest BCUT2D eigenvalue weighted by atomic mass is 16.5. The Morgan fingerprint density at radius 1 is 1.22 bits per heavy atom. The fourth-order valence-corrected chi connectivity index (χ4v) is 3.87. The molecule has 0 saturated heterocycles. The van der Waals surface area contributed by atoms with Gasteiger partial charge in [0, 0.05) is 23.8 Å². The highest BCUT2D eigenvalue weighted by molar-refractivity contribution is 5.85. The van der Waals surface area contributed by atoms with Gasteiger partial charge in [-0.3, -0.25) is 0 Å². The lowest BCUT2D eigenvalue weighted by atomic mass is 10.0. The van der Waals surface area contributed by atoms with Crippen LogP contribution in [0, 0.1) is 5.92 Å². The number of fused-ring (bicyclic) bond motifs is 2. The van der Waals surface area contributed by atoms with Crippen LogP contribution in [0.4, 0.5) is 0 Å². The topological polar surface area (TPSA) is 63.5 Å². The summed E-state index contributed by atoms with van der Waals surface area (Å²) in [4.78, 5) is 5.09. The molecule has 2 N–H and O–H groups in total. The monoisotopic (exact) mass is 361 g/mol. The second-order valence-electron chi connectivity index (χ2n) is 7.61. The van der Waals surface area contributed by atoms with Crippen LogP contribution >= 0.6 is 0 Å². The molecule has 2 aliphatic rings. The number of hydrogen-bond donors (Lipinski definition) is 2. The minimum atomic E-state index is -0.839. The number of amidine groups is 1. The Hall–Kier alpha value is -2.86. The van der Waals surface area contributed by atoms with Crippen LogP contribution < -0.4 is 15.6 Å². The van der Waals surface area contributed by atoms with E-state index in [1.807, 2.05) is 23.0 Å². The summed E-state index contributed by atoms with van der Waals surface area (Å²) in [7, 11) is 0. The van der Waals surface area contributed by atoms with Gasteiger partial charge in [0.05, 0.1) is 18.3 Å². The lowest BCUT2D eigenvalue weighted by Crippen LogP contribution is -2.49. The van der Waals surface area contributed by atoms with Gasteiger partial charge in [0.25, 0.3) is 5.79 Å². The van der Waals surface area contributed by atoms with Gasteiger partial charge in [0.2, 0.25) is 0 Å². The fourth-order valence-electron chi connectivity index (χ4n) is 3.87. The number of nitrogens with one attached hydrogen (secondary N) is 2. The number of rotatable bonds is 4. The summed E-state index contributed by atoms with van der Waals surface area (Å²) in [6.45, 7) is 5.12. The molecule has 3 aromatic rings. The third-order valence-electron chi connectivity index (χ3n) is 5.16. The van der Waals surface area contributed by atoms with E-state index in [0.29, 0.717) is 5.92 Å². The maximum absolute atomic E-state index is 5.81. The van der Waals surface area contributed by atoms with E-state index in [1.165, 1.54) is 5.56 Å². The van der Waals surface area contributed by atoms with Crippen LogP contribution in [0.2, 0.25) is 0 Å². The first-order chi connectivity index (χ1) is 13.2. The molecular formula is C21H23N5O. The largest absolute Gasteiger partial charge is 0.493 e. The maximum atomic E-state index is 5.81. The number of aliphatic imine (C=N–C) groups is 1. The van der Waals surface area contributed by atoms with Gasteiger partial charge in [-0.05, 0) is 23.6 Å². The van der Waals surface area contributed by atoms with E-state index in [1.54, 1.807) is 0 Å². The average Bonchev–Trinajstić information content (AvgIpc) is 3.38. The van der Waals surface area contributed by atoms with Crippen LogP contribution in [0.25, 0.3) is 10.9 Å². The van der Waals surface area contributed by atoms with Crippen molar-refractivity contribution < 1.29 is 4.74 Å². The van der Waals surface area contributed by atoms with E-state index in [0.717, 1.165) is 47.5 Å². The van der Waals surface area contributed by atoms with Crippen LogP contribution in [0.5, 0.6) is 5.75 Å². The highest BCUT2D eigenvalue weighted by Gasteiger charge is 2.41. The van der Waals surface area contributed by atoms with Gasteiger partial charge in [-0.1, -0.05) is 44.2 Å². The Kier molecular flexibility index (Phi) is 3.68. The number of nitrogens with zero attached hydrogens (tertiary/aromatic N) is 3. The first kappa shape index (κ1) is 16.3. The number of aromatic nitrogens is 2. The van der Waals surface area contributed by atoms with Crippen molar-refractivity contribution in [2.75, 3.05) is 6.61 Å². The Bertz CT molecular complexity index is 1040. The number of para-hydroxylation sites is 1. The zero-order valence-electron chi connectivity index (χ0n) is 15.6. The molecule has 5 rings (SSSR count). The average molecular weight is 361 g/mol. The Balaban J connectivity index is 1.70. The van der Waals surface area contributed by atoms with E-state index < -0.39 is 5.79 Å². The first-order valence-electron chi connectivity index (χ1n) is 9.47. The van der Waals surface area contributed by atoms with E-state index in [2.05, 4.69) is 55.0 Å². The first-order valence-corrected chi connectivity index (χ1v) is 9.47. The van der Waals surface area contributed by atoms with Crippen molar-refractivity contribution in [3.63, 3.8) is 0 Å². The molecule has 1 atom stereocenters. The number of hydrazine groups is 1. The van der Waals surface area contributed by atoms with Crippen molar-refractivity contribution in [3.8, 4) is 5.75 Å². The maximum Gasteiger partial charge on any atom is 0.251 e. The second kappa shape index (κ2) is 6.09. The van der Waals surface area contributed by atoms with Crippen molar-refractivity contribution >= 4 is 16.7 Å². The third kappa shape index (κ3) is 2.59. The summed E-state index contributed by atoms with van der Waals surface area (Å²) in [6, 6.07) is 14.6. The molecule has 3 heterocycles. The zero-order valence-corrected chi connectivity index (χ0v) is 15.6. The molecule has 0 bridgehead atoms. The fraction of sp³-hybridized carbons (Fsp3) is 0.333. The summed E-state index contributed by atoms with van der Waals surface area (Å²) in [5.41, 5.74) is 10.00.